The molecule has 0 unspecified atom stereocenters. The maximum Gasteiger partial charge on any atom is 0.0630 e. The van der Waals surface area contributed by atoms with Gasteiger partial charge in [0.15, 0.2) is 0 Å². The molecule has 10 aromatic rings. The quantitative estimate of drug-likeness (QED) is 0.120. The predicted octanol–water partition coefficient (Wildman–Crippen LogP) is 15.5. The van der Waals surface area contributed by atoms with Crippen LogP contribution in [0.5, 0.6) is 0 Å². The first-order valence-electron chi connectivity index (χ1n) is 22.4. The molecule has 0 spiro atoms. The summed E-state index contributed by atoms with van der Waals surface area (Å²) in [6, 6.07) is 93.3. The molecule has 0 aromatic heterocycles. The maximum absolute atomic E-state index is 3.29. The molecule has 2 nitrogen and oxygen atoms in total. The molecule has 0 radical (unpaired) electrons. The Hall–Kier alpha value is -8.90. The summed E-state index contributed by atoms with van der Waals surface area (Å²) in [4.78, 5) is 4.64. The van der Waals surface area contributed by atoms with Crippen molar-refractivity contribution >= 4 is 39.9 Å². The molecule has 1 aliphatic rings. The largest absolute Gasteiger partial charge is 0.311 e. The summed E-state index contributed by atoms with van der Waals surface area (Å²) < 4.78 is 0. The molecular weight excluding hydrogens is 797 g/mol. The van der Waals surface area contributed by atoms with Crippen molar-refractivity contribution in [2.24, 2.45) is 0 Å². The fraction of sp³-hybridized carbons (Fsp3) is 0. The van der Waals surface area contributed by atoms with Gasteiger partial charge in [0, 0.05) is 45.0 Å². The van der Waals surface area contributed by atoms with Crippen LogP contribution in [0.4, 0.5) is 28.4 Å². The normalized spacial score (nSPS) is 11.4. The van der Waals surface area contributed by atoms with Crippen molar-refractivity contribution in [1.29, 1.82) is 0 Å². The van der Waals surface area contributed by atoms with Crippen molar-refractivity contribution in [1.82, 2.24) is 0 Å². The van der Waals surface area contributed by atoms with E-state index in [0.717, 1.165) is 55.7 Å². The van der Waals surface area contributed by atoms with Gasteiger partial charge in [0.25, 0.3) is 0 Å². The second kappa shape index (κ2) is 18.1. The Bertz CT molecular complexity index is 3330. The number of fused-ring (bicyclic) bond motifs is 1. The highest BCUT2D eigenvalue weighted by atomic mass is 15.1. The summed E-state index contributed by atoms with van der Waals surface area (Å²) in [5, 5.41) is 2.17. The van der Waals surface area contributed by atoms with Crippen molar-refractivity contribution in [3.8, 4) is 55.6 Å². The monoisotopic (exact) mass is 840 g/mol. The third-order valence-corrected chi connectivity index (χ3v) is 12.4. The van der Waals surface area contributed by atoms with E-state index in [-0.39, 0.29) is 0 Å². The lowest BCUT2D eigenvalue weighted by Crippen LogP contribution is -2.32. The highest BCUT2D eigenvalue weighted by Gasteiger charge is 2.17. The first kappa shape index (κ1) is 39.9. The summed E-state index contributed by atoms with van der Waals surface area (Å²) in [5.74, 6) is 0. The molecule has 2 heteroatoms. The molecule has 0 saturated carbocycles. The van der Waals surface area contributed by atoms with Crippen LogP contribution in [0.2, 0.25) is 0 Å². The van der Waals surface area contributed by atoms with Crippen molar-refractivity contribution in [3.63, 3.8) is 0 Å². The minimum Gasteiger partial charge on any atom is -0.311 e. The van der Waals surface area contributed by atoms with Gasteiger partial charge in [0.2, 0.25) is 0 Å². The van der Waals surface area contributed by atoms with E-state index in [1.165, 1.54) is 44.5 Å². The average molecular weight is 841 g/mol. The fourth-order valence-electron chi connectivity index (χ4n) is 8.90. The fourth-order valence-corrected chi connectivity index (χ4v) is 8.90. The van der Waals surface area contributed by atoms with Crippen LogP contribution in [-0.4, -0.2) is 0 Å². The zero-order chi connectivity index (χ0) is 44.1. The molecule has 0 fully saturated rings. The predicted molar refractivity (Wildman–Crippen MR) is 277 cm³/mol. The molecule has 11 rings (SSSR count). The molecule has 0 heterocycles. The SMILES string of the molecule is C1=C=c2ccccc2=C(N(c2ccccc2)c2ccc(-c3ccc(N(c4ccc(-c5ccc(-c6ccccc6)cc5)cc4)c4ccc(-c5ccc(-c6ccccc6)cc5)cc4)cc3)cc2)C=1. The van der Waals surface area contributed by atoms with Crippen molar-refractivity contribution in [2.45, 2.75) is 0 Å². The first-order chi connectivity index (χ1) is 32.7. The van der Waals surface area contributed by atoms with Gasteiger partial charge in [0.1, 0.15) is 0 Å². The third kappa shape index (κ3) is 8.22. The van der Waals surface area contributed by atoms with Gasteiger partial charge in [-0.05, 0) is 122 Å². The Kier molecular flexibility index (Phi) is 10.9. The van der Waals surface area contributed by atoms with Gasteiger partial charge in [-0.2, -0.15) is 0 Å². The number of hydrogen-bond donors (Lipinski definition) is 0. The van der Waals surface area contributed by atoms with E-state index in [1.54, 1.807) is 0 Å². The lowest BCUT2D eigenvalue weighted by molar-refractivity contribution is 1.28. The number of rotatable bonds is 11. The molecule has 0 saturated heterocycles. The van der Waals surface area contributed by atoms with Crippen LogP contribution >= 0.6 is 0 Å². The van der Waals surface area contributed by atoms with Crippen molar-refractivity contribution < 1.29 is 0 Å². The van der Waals surface area contributed by atoms with E-state index in [0.29, 0.717) is 0 Å². The Balaban J connectivity index is 0.905. The summed E-state index contributed by atoms with van der Waals surface area (Å²) >= 11 is 0. The third-order valence-electron chi connectivity index (χ3n) is 12.4. The van der Waals surface area contributed by atoms with Gasteiger partial charge >= 0.3 is 0 Å². The van der Waals surface area contributed by atoms with E-state index in [2.05, 4.69) is 276 Å². The highest BCUT2D eigenvalue weighted by Crippen LogP contribution is 2.39. The van der Waals surface area contributed by atoms with E-state index in [4.69, 9.17) is 0 Å². The Morgan fingerprint density at radius 1 is 0.227 bits per heavy atom. The van der Waals surface area contributed by atoms with Crippen LogP contribution in [0, 0.1) is 0 Å². The summed E-state index contributed by atoms with van der Waals surface area (Å²) in [5.41, 5.74) is 24.9. The van der Waals surface area contributed by atoms with Crippen LogP contribution in [0.15, 0.2) is 273 Å². The molecule has 0 bridgehead atoms. The highest BCUT2D eigenvalue weighted by molar-refractivity contribution is 5.87. The van der Waals surface area contributed by atoms with E-state index >= 15 is 0 Å². The van der Waals surface area contributed by atoms with Gasteiger partial charge in [-0.25, -0.2) is 0 Å². The Morgan fingerprint density at radius 2 is 0.500 bits per heavy atom. The smallest absolute Gasteiger partial charge is 0.0630 e. The summed E-state index contributed by atoms with van der Waals surface area (Å²) in [6.07, 6.45) is 2.03. The second-order valence-corrected chi connectivity index (χ2v) is 16.4. The van der Waals surface area contributed by atoms with Crippen LogP contribution in [0.3, 0.4) is 0 Å². The number of para-hydroxylation sites is 1. The number of hydrogen-bond acceptors (Lipinski definition) is 2. The molecule has 1 aliphatic carbocycles. The molecule has 66 heavy (non-hydrogen) atoms. The average Bonchev–Trinajstić information content (AvgIpc) is 3.41. The van der Waals surface area contributed by atoms with E-state index in [9.17, 15) is 0 Å². The van der Waals surface area contributed by atoms with Gasteiger partial charge in [-0.15, -0.1) is 0 Å². The molecular formula is C64H44N2. The lowest BCUT2D eigenvalue weighted by atomic mass is 9.99. The topological polar surface area (TPSA) is 6.48 Å². The standard InChI is InChI=1S/C64H44N2/c1-4-13-47(14-5-1)49-23-27-51(28-24-49)53-31-39-59(40-32-53)65(60-41-33-54(34-42-60)52-29-25-50(26-30-52)48-15-6-2-7-16-48)61-43-35-55(36-44-61)56-37-45-62(46-38-56)66(58-19-8-3-9-20-58)64-22-12-18-57-17-10-11-21-63(57)64/h1-11,13-17,19-46H. The maximum atomic E-state index is 3.29. The van der Waals surface area contributed by atoms with Crippen LogP contribution in [0.25, 0.3) is 67.1 Å². The number of anilines is 5. The second-order valence-electron chi connectivity index (χ2n) is 16.4. The van der Waals surface area contributed by atoms with Crippen molar-refractivity contribution in [3.05, 3.63) is 283 Å². The van der Waals surface area contributed by atoms with Gasteiger partial charge in [-0.3, -0.25) is 0 Å². The van der Waals surface area contributed by atoms with Crippen LogP contribution < -0.4 is 20.2 Å². The van der Waals surface area contributed by atoms with Crippen molar-refractivity contribution in [2.75, 3.05) is 9.80 Å². The minimum atomic E-state index is 1.04. The molecule has 310 valence electrons. The van der Waals surface area contributed by atoms with Gasteiger partial charge < -0.3 is 9.80 Å². The molecule has 0 N–H and O–H groups in total. The zero-order valence-corrected chi connectivity index (χ0v) is 36.3. The molecule has 0 aliphatic heterocycles. The first-order valence-corrected chi connectivity index (χ1v) is 22.4. The van der Waals surface area contributed by atoms with Gasteiger partial charge in [0.05, 0.1) is 5.70 Å². The van der Waals surface area contributed by atoms with Crippen LogP contribution in [0.1, 0.15) is 0 Å². The van der Waals surface area contributed by atoms with E-state index < -0.39 is 0 Å². The van der Waals surface area contributed by atoms with E-state index in [1.807, 2.05) is 12.1 Å². The number of benzene rings is 10. The molecule has 0 atom stereocenters. The Labute approximate surface area is 386 Å². The zero-order valence-electron chi connectivity index (χ0n) is 36.3. The van der Waals surface area contributed by atoms with Gasteiger partial charge in [-0.1, -0.05) is 206 Å². The summed E-state index contributed by atoms with van der Waals surface area (Å²) in [6.45, 7) is 0. The van der Waals surface area contributed by atoms with Crippen LogP contribution in [-0.2, 0) is 0 Å². The lowest BCUT2D eigenvalue weighted by Gasteiger charge is -2.27. The number of nitrogens with zero attached hydrogens (tertiary/aromatic N) is 2. The summed E-state index contributed by atoms with van der Waals surface area (Å²) in [7, 11) is 0. The molecule has 0 amide bonds. The minimum absolute atomic E-state index is 1.04. The molecule has 10 aromatic carbocycles. The Morgan fingerprint density at radius 3 is 0.879 bits per heavy atom.